The molecule has 0 spiro atoms. The van der Waals surface area contributed by atoms with Crippen LogP contribution in [0, 0.1) is 12.7 Å². The SMILES string of the molecule is CC(=O)c1ccc(S(=O)(=O)N2CCC(c3c(C)n(Cc4c(F)cccc4Cl)c4ccccc34)CC2)cc1. The Labute approximate surface area is 221 Å². The quantitative estimate of drug-likeness (QED) is 0.261. The summed E-state index contributed by atoms with van der Waals surface area (Å²) in [5.41, 5.74) is 4.18. The van der Waals surface area contributed by atoms with Gasteiger partial charge in [-0.2, -0.15) is 4.31 Å². The highest BCUT2D eigenvalue weighted by Crippen LogP contribution is 2.39. The van der Waals surface area contributed by atoms with E-state index in [1.54, 1.807) is 24.3 Å². The maximum Gasteiger partial charge on any atom is 0.243 e. The van der Waals surface area contributed by atoms with E-state index < -0.39 is 10.0 Å². The standard InChI is InChI=1S/C29H28ClFN2O3S/c1-19-29(24-6-3-4-9-28(24)33(19)18-25-26(30)7-5-8-27(25)31)22-14-16-32(17-15-22)37(35,36)23-12-10-21(11-13-23)20(2)34/h3-13,22H,14-18H2,1-2H3. The van der Waals surface area contributed by atoms with E-state index in [4.69, 9.17) is 11.6 Å². The molecule has 0 atom stereocenters. The fourth-order valence-corrected chi connectivity index (χ4v) is 7.11. The summed E-state index contributed by atoms with van der Waals surface area (Å²) in [6.07, 6.45) is 1.36. The molecule has 4 aromatic rings. The second-order valence-corrected chi connectivity index (χ2v) is 11.9. The molecule has 192 valence electrons. The molecule has 0 radical (unpaired) electrons. The Kier molecular flexibility index (Phi) is 6.96. The van der Waals surface area contributed by atoms with Gasteiger partial charge in [0.1, 0.15) is 5.82 Å². The molecule has 8 heteroatoms. The number of fused-ring (bicyclic) bond motifs is 1. The first-order chi connectivity index (χ1) is 17.7. The van der Waals surface area contributed by atoms with Crippen molar-refractivity contribution in [2.24, 2.45) is 0 Å². The highest BCUT2D eigenvalue weighted by atomic mass is 35.5. The summed E-state index contributed by atoms with van der Waals surface area (Å²) in [4.78, 5) is 11.7. The summed E-state index contributed by atoms with van der Waals surface area (Å²) >= 11 is 6.34. The van der Waals surface area contributed by atoms with Gasteiger partial charge in [-0.3, -0.25) is 4.79 Å². The van der Waals surface area contributed by atoms with Crippen molar-refractivity contribution in [3.63, 3.8) is 0 Å². The number of carbonyl (C=O) groups excluding carboxylic acids is 1. The number of sulfonamides is 1. The van der Waals surface area contributed by atoms with E-state index >= 15 is 0 Å². The van der Waals surface area contributed by atoms with Crippen LogP contribution in [0.15, 0.2) is 71.6 Å². The molecular formula is C29H28ClFN2O3S. The van der Waals surface area contributed by atoms with E-state index in [-0.39, 0.29) is 22.4 Å². The molecule has 0 N–H and O–H groups in total. The summed E-state index contributed by atoms with van der Waals surface area (Å²) in [5.74, 6) is -0.258. The Morgan fingerprint density at radius 1 is 1.00 bits per heavy atom. The number of hydrogen-bond acceptors (Lipinski definition) is 3. The van der Waals surface area contributed by atoms with E-state index in [9.17, 15) is 17.6 Å². The van der Waals surface area contributed by atoms with Gasteiger partial charge >= 0.3 is 0 Å². The van der Waals surface area contributed by atoms with Gasteiger partial charge in [-0.25, -0.2) is 12.8 Å². The molecule has 3 aromatic carbocycles. The van der Waals surface area contributed by atoms with E-state index in [0.29, 0.717) is 48.6 Å². The molecule has 1 aliphatic rings. The summed E-state index contributed by atoms with van der Waals surface area (Å²) < 4.78 is 44.7. The topological polar surface area (TPSA) is 59.4 Å². The minimum Gasteiger partial charge on any atom is -0.340 e. The first-order valence-corrected chi connectivity index (χ1v) is 14.1. The molecule has 2 heterocycles. The summed E-state index contributed by atoms with van der Waals surface area (Å²) in [7, 11) is -3.65. The fourth-order valence-electron chi connectivity index (χ4n) is 5.41. The van der Waals surface area contributed by atoms with Crippen molar-refractivity contribution < 1.29 is 17.6 Å². The maximum atomic E-state index is 14.6. The summed E-state index contributed by atoms with van der Waals surface area (Å²) in [6, 6.07) is 18.9. The Balaban J connectivity index is 1.42. The monoisotopic (exact) mass is 538 g/mol. The normalized spacial score (nSPS) is 15.4. The van der Waals surface area contributed by atoms with E-state index in [1.165, 1.54) is 35.0 Å². The van der Waals surface area contributed by atoms with Gasteiger partial charge in [0.2, 0.25) is 10.0 Å². The highest BCUT2D eigenvalue weighted by molar-refractivity contribution is 7.89. The predicted octanol–water partition coefficient (Wildman–Crippen LogP) is 6.56. The third-order valence-electron chi connectivity index (χ3n) is 7.42. The van der Waals surface area contributed by atoms with Gasteiger partial charge in [0, 0.05) is 45.8 Å². The van der Waals surface area contributed by atoms with Crippen molar-refractivity contribution in [2.45, 2.75) is 44.0 Å². The fraction of sp³-hybridized carbons (Fsp3) is 0.276. The van der Waals surface area contributed by atoms with Crippen molar-refractivity contribution in [3.8, 4) is 0 Å². The van der Waals surface area contributed by atoms with Crippen LogP contribution in [-0.2, 0) is 16.6 Å². The molecule has 0 amide bonds. The minimum atomic E-state index is -3.65. The van der Waals surface area contributed by atoms with Crippen LogP contribution in [0.2, 0.25) is 5.02 Å². The molecule has 5 nitrogen and oxygen atoms in total. The van der Waals surface area contributed by atoms with Gasteiger partial charge in [0.15, 0.2) is 5.78 Å². The first kappa shape index (κ1) is 25.6. The molecular weight excluding hydrogens is 511 g/mol. The van der Waals surface area contributed by atoms with E-state index in [1.807, 2.05) is 25.1 Å². The van der Waals surface area contributed by atoms with Gasteiger partial charge < -0.3 is 4.57 Å². The van der Waals surface area contributed by atoms with Crippen molar-refractivity contribution in [1.82, 2.24) is 8.87 Å². The van der Waals surface area contributed by atoms with Gasteiger partial charge in [0.25, 0.3) is 0 Å². The predicted molar refractivity (Wildman–Crippen MR) is 144 cm³/mol. The van der Waals surface area contributed by atoms with Gasteiger partial charge in [0.05, 0.1) is 11.4 Å². The van der Waals surface area contributed by atoms with Crippen molar-refractivity contribution >= 4 is 38.3 Å². The number of halogens is 2. The van der Waals surface area contributed by atoms with Crippen LogP contribution in [-0.4, -0.2) is 36.2 Å². The molecule has 5 rings (SSSR count). The maximum absolute atomic E-state index is 14.6. The third-order valence-corrected chi connectivity index (χ3v) is 9.69. The van der Waals surface area contributed by atoms with Gasteiger partial charge in [-0.05, 0) is 68.5 Å². The average Bonchev–Trinajstić information content (AvgIpc) is 3.17. The van der Waals surface area contributed by atoms with Crippen LogP contribution in [0.1, 0.15) is 52.9 Å². The Bertz CT molecular complexity index is 1570. The second-order valence-electron chi connectivity index (χ2n) is 9.56. The number of nitrogens with zero attached hydrogens (tertiary/aromatic N) is 2. The van der Waals surface area contributed by atoms with E-state index in [0.717, 1.165) is 16.6 Å². The lowest BCUT2D eigenvalue weighted by molar-refractivity contribution is 0.101. The van der Waals surface area contributed by atoms with Crippen LogP contribution in [0.5, 0.6) is 0 Å². The van der Waals surface area contributed by atoms with E-state index in [2.05, 4.69) is 10.6 Å². The number of Topliss-reactive ketones (excluding diaryl/α,β-unsaturated/α-hetero) is 1. The molecule has 37 heavy (non-hydrogen) atoms. The zero-order valence-electron chi connectivity index (χ0n) is 20.7. The van der Waals surface area contributed by atoms with Gasteiger partial charge in [-0.1, -0.05) is 48.0 Å². The van der Waals surface area contributed by atoms with Gasteiger partial charge in [-0.15, -0.1) is 0 Å². The van der Waals surface area contributed by atoms with Crippen LogP contribution in [0.25, 0.3) is 10.9 Å². The molecule has 1 saturated heterocycles. The number of carbonyl (C=O) groups is 1. The zero-order valence-corrected chi connectivity index (χ0v) is 22.3. The third kappa shape index (κ3) is 4.72. The number of aromatic nitrogens is 1. The smallest absolute Gasteiger partial charge is 0.243 e. The molecule has 0 aliphatic carbocycles. The number of ketones is 1. The first-order valence-electron chi connectivity index (χ1n) is 12.3. The lowest BCUT2D eigenvalue weighted by Gasteiger charge is -2.31. The molecule has 1 aliphatic heterocycles. The van der Waals surface area contributed by atoms with Crippen molar-refractivity contribution in [1.29, 1.82) is 0 Å². The zero-order chi connectivity index (χ0) is 26.3. The molecule has 1 aromatic heterocycles. The lowest BCUT2D eigenvalue weighted by Crippen LogP contribution is -2.38. The molecule has 0 unspecified atom stereocenters. The molecule has 0 bridgehead atoms. The number of para-hydroxylation sites is 1. The number of hydrogen-bond donors (Lipinski definition) is 0. The number of rotatable bonds is 6. The van der Waals surface area contributed by atoms with Crippen molar-refractivity contribution in [2.75, 3.05) is 13.1 Å². The Morgan fingerprint density at radius 2 is 1.68 bits per heavy atom. The van der Waals surface area contributed by atoms with Crippen LogP contribution in [0.4, 0.5) is 4.39 Å². The summed E-state index contributed by atoms with van der Waals surface area (Å²) in [6.45, 7) is 4.63. The number of piperidine rings is 1. The lowest BCUT2D eigenvalue weighted by atomic mass is 9.88. The van der Waals surface area contributed by atoms with Crippen molar-refractivity contribution in [3.05, 3.63) is 100.0 Å². The summed E-state index contributed by atoms with van der Waals surface area (Å²) in [5, 5.41) is 1.50. The minimum absolute atomic E-state index is 0.100. The Hall–Kier alpha value is -3.00. The highest BCUT2D eigenvalue weighted by Gasteiger charge is 2.32. The number of benzene rings is 3. The van der Waals surface area contributed by atoms with Crippen LogP contribution >= 0.6 is 11.6 Å². The Morgan fingerprint density at radius 3 is 2.32 bits per heavy atom. The largest absolute Gasteiger partial charge is 0.340 e. The molecule has 0 saturated carbocycles. The average molecular weight is 539 g/mol. The molecule has 1 fully saturated rings. The van der Waals surface area contributed by atoms with Crippen LogP contribution < -0.4 is 0 Å². The second kappa shape index (κ2) is 10.0. The van der Waals surface area contributed by atoms with Crippen LogP contribution in [0.3, 0.4) is 0 Å².